The number of rotatable bonds is 5. The standard InChI is InChI=1S/C21H23N3O4S/c1-14-9-10-15(12-18(14)29(27,28)23-19-8-4-5-11-22-19)13-24-20(25)16-6-2-3-7-17(16)21(24)26/h4-5,8-12,16-17H,2-3,6-7,13H2,1H3,(H,22,23)/t16-,17-/m0/s1. The first-order valence-electron chi connectivity index (χ1n) is 9.75. The van der Waals surface area contributed by atoms with E-state index in [2.05, 4.69) is 9.71 Å². The molecule has 0 spiro atoms. The van der Waals surface area contributed by atoms with Crippen LogP contribution in [0.2, 0.25) is 0 Å². The third-order valence-electron chi connectivity index (χ3n) is 5.72. The Morgan fingerprint density at radius 2 is 1.76 bits per heavy atom. The van der Waals surface area contributed by atoms with Crippen molar-refractivity contribution >= 4 is 27.7 Å². The van der Waals surface area contributed by atoms with Crippen LogP contribution in [-0.2, 0) is 26.2 Å². The van der Waals surface area contributed by atoms with Gasteiger partial charge in [-0.2, -0.15) is 0 Å². The largest absolute Gasteiger partial charge is 0.278 e. The molecule has 29 heavy (non-hydrogen) atoms. The predicted octanol–water partition coefficient (Wildman–Crippen LogP) is 2.87. The van der Waals surface area contributed by atoms with Crippen molar-refractivity contribution in [1.82, 2.24) is 9.88 Å². The highest BCUT2D eigenvalue weighted by molar-refractivity contribution is 7.92. The number of hydrogen-bond acceptors (Lipinski definition) is 5. The number of aromatic nitrogens is 1. The van der Waals surface area contributed by atoms with Crippen LogP contribution in [0.25, 0.3) is 0 Å². The number of aryl methyl sites for hydroxylation is 1. The van der Waals surface area contributed by atoms with Gasteiger partial charge in [-0.05, 0) is 49.1 Å². The fourth-order valence-electron chi connectivity index (χ4n) is 4.22. The molecule has 1 N–H and O–H groups in total. The lowest BCUT2D eigenvalue weighted by Gasteiger charge is -2.19. The summed E-state index contributed by atoms with van der Waals surface area (Å²) in [5.41, 5.74) is 1.18. The number of benzene rings is 1. The van der Waals surface area contributed by atoms with E-state index in [0.717, 1.165) is 25.7 Å². The average Bonchev–Trinajstić information content (AvgIpc) is 2.95. The van der Waals surface area contributed by atoms with Gasteiger partial charge in [0.2, 0.25) is 11.8 Å². The average molecular weight is 413 g/mol. The molecule has 1 aliphatic carbocycles. The van der Waals surface area contributed by atoms with Crippen molar-refractivity contribution in [2.75, 3.05) is 4.72 Å². The molecule has 2 atom stereocenters. The molecule has 2 aliphatic rings. The Bertz CT molecular complexity index is 1030. The number of fused-ring (bicyclic) bond motifs is 1. The van der Waals surface area contributed by atoms with E-state index >= 15 is 0 Å². The summed E-state index contributed by atoms with van der Waals surface area (Å²) in [5, 5.41) is 0. The molecule has 0 bridgehead atoms. The van der Waals surface area contributed by atoms with Gasteiger partial charge >= 0.3 is 0 Å². The molecular weight excluding hydrogens is 390 g/mol. The molecule has 1 saturated heterocycles. The highest BCUT2D eigenvalue weighted by Crippen LogP contribution is 2.38. The molecule has 2 aromatic rings. The SMILES string of the molecule is Cc1ccc(CN2C(=O)[C@H]3CCCC[C@@H]3C2=O)cc1S(=O)(=O)Nc1ccccn1. The molecule has 1 aromatic heterocycles. The molecule has 2 amide bonds. The number of carbonyl (C=O) groups excluding carboxylic acids is 2. The third kappa shape index (κ3) is 3.76. The number of sulfonamides is 1. The number of pyridine rings is 1. The van der Waals surface area contributed by atoms with Gasteiger partial charge in [0, 0.05) is 6.20 Å². The highest BCUT2D eigenvalue weighted by Gasteiger charge is 2.47. The molecule has 0 unspecified atom stereocenters. The molecule has 152 valence electrons. The van der Waals surface area contributed by atoms with Gasteiger partial charge in [-0.15, -0.1) is 0 Å². The van der Waals surface area contributed by atoms with Gasteiger partial charge in [0.1, 0.15) is 5.82 Å². The van der Waals surface area contributed by atoms with Crippen molar-refractivity contribution < 1.29 is 18.0 Å². The Balaban J connectivity index is 1.59. The molecule has 0 radical (unpaired) electrons. The van der Waals surface area contributed by atoms with Crippen molar-refractivity contribution in [2.45, 2.75) is 44.0 Å². The lowest BCUT2D eigenvalue weighted by atomic mass is 9.81. The van der Waals surface area contributed by atoms with Crippen LogP contribution in [0.15, 0.2) is 47.5 Å². The lowest BCUT2D eigenvalue weighted by molar-refractivity contribution is -0.140. The zero-order chi connectivity index (χ0) is 20.6. The summed E-state index contributed by atoms with van der Waals surface area (Å²) in [6.07, 6.45) is 4.96. The summed E-state index contributed by atoms with van der Waals surface area (Å²) in [4.78, 5) is 30.8. The number of likely N-dealkylation sites (tertiary alicyclic amines) is 1. The van der Waals surface area contributed by atoms with E-state index in [1.165, 1.54) is 17.2 Å². The van der Waals surface area contributed by atoms with Crippen LogP contribution in [0.4, 0.5) is 5.82 Å². The minimum absolute atomic E-state index is 0.0943. The van der Waals surface area contributed by atoms with Crippen LogP contribution >= 0.6 is 0 Å². The predicted molar refractivity (Wildman–Crippen MR) is 107 cm³/mol. The van der Waals surface area contributed by atoms with Crippen LogP contribution in [0.5, 0.6) is 0 Å². The fourth-order valence-corrected chi connectivity index (χ4v) is 5.52. The Hall–Kier alpha value is -2.74. The topological polar surface area (TPSA) is 96.4 Å². The van der Waals surface area contributed by atoms with E-state index in [9.17, 15) is 18.0 Å². The number of amides is 2. The quantitative estimate of drug-likeness (QED) is 0.761. The van der Waals surface area contributed by atoms with E-state index in [1.807, 2.05) is 0 Å². The van der Waals surface area contributed by atoms with Crippen molar-refractivity contribution in [1.29, 1.82) is 0 Å². The maximum Gasteiger partial charge on any atom is 0.263 e. The highest BCUT2D eigenvalue weighted by atomic mass is 32.2. The minimum atomic E-state index is -3.85. The molecule has 8 heteroatoms. The molecule has 2 heterocycles. The summed E-state index contributed by atoms with van der Waals surface area (Å²) < 4.78 is 28.2. The van der Waals surface area contributed by atoms with Crippen LogP contribution < -0.4 is 4.72 Å². The zero-order valence-electron chi connectivity index (χ0n) is 16.2. The van der Waals surface area contributed by atoms with Gasteiger partial charge in [0.15, 0.2) is 0 Å². The summed E-state index contributed by atoms with van der Waals surface area (Å²) >= 11 is 0. The van der Waals surface area contributed by atoms with Gasteiger partial charge in [0.05, 0.1) is 23.3 Å². The molecule has 4 rings (SSSR count). The zero-order valence-corrected chi connectivity index (χ0v) is 17.0. The molecule has 1 aromatic carbocycles. The van der Waals surface area contributed by atoms with E-state index in [4.69, 9.17) is 0 Å². The fraction of sp³-hybridized carbons (Fsp3) is 0.381. The maximum atomic E-state index is 12.8. The second-order valence-electron chi connectivity index (χ2n) is 7.68. The summed E-state index contributed by atoms with van der Waals surface area (Å²) in [7, 11) is -3.85. The van der Waals surface area contributed by atoms with E-state index in [-0.39, 0.29) is 40.9 Å². The normalized spacial score (nSPS) is 21.9. The van der Waals surface area contributed by atoms with Crippen LogP contribution in [0.3, 0.4) is 0 Å². The van der Waals surface area contributed by atoms with Crippen LogP contribution in [-0.4, -0.2) is 30.1 Å². The third-order valence-corrected chi connectivity index (χ3v) is 7.22. The number of nitrogens with one attached hydrogen (secondary N) is 1. The first kappa shape index (κ1) is 19.6. The smallest absolute Gasteiger partial charge is 0.263 e. The van der Waals surface area contributed by atoms with Crippen molar-refractivity contribution in [3.63, 3.8) is 0 Å². The van der Waals surface area contributed by atoms with E-state index in [0.29, 0.717) is 11.1 Å². The molecule has 1 saturated carbocycles. The number of carbonyl (C=O) groups is 2. The van der Waals surface area contributed by atoms with Crippen molar-refractivity contribution in [3.8, 4) is 0 Å². The Kier molecular flexibility index (Phi) is 5.12. The summed E-state index contributed by atoms with van der Waals surface area (Å²) in [6, 6.07) is 9.95. The van der Waals surface area contributed by atoms with E-state index in [1.54, 1.807) is 37.3 Å². The van der Waals surface area contributed by atoms with Gasteiger partial charge in [-0.3, -0.25) is 19.2 Å². The monoisotopic (exact) mass is 413 g/mol. The Labute approximate surface area is 170 Å². The van der Waals surface area contributed by atoms with Crippen molar-refractivity contribution in [3.05, 3.63) is 53.7 Å². The van der Waals surface area contributed by atoms with Gasteiger partial charge in [0.25, 0.3) is 10.0 Å². The molecule has 7 nitrogen and oxygen atoms in total. The first-order valence-corrected chi connectivity index (χ1v) is 11.2. The number of anilines is 1. The Morgan fingerprint density at radius 1 is 1.07 bits per heavy atom. The Morgan fingerprint density at radius 3 is 2.38 bits per heavy atom. The van der Waals surface area contributed by atoms with Crippen LogP contribution in [0, 0.1) is 18.8 Å². The van der Waals surface area contributed by atoms with Gasteiger partial charge < -0.3 is 0 Å². The molecule has 2 fully saturated rings. The molecular formula is C21H23N3O4S. The molecule has 1 aliphatic heterocycles. The number of nitrogens with zero attached hydrogens (tertiary/aromatic N) is 2. The van der Waals surface area contributed by atoms with Gasteiger partial charge in [-0.25, -0.2) is 13.4 Å². The lowest BCUT2D eigenvalue weighted by Crippen LogP contribution is -2.30. The van der Waals surface area contributed by atoms with Crippen molar-refractivity contribution in [2.24, 2.45) is 11.8 Å². The minimum Gasteiger partial charge on any atom is -0.278 e. The number of imide groups is 1. The first-order chi connectivity index (χ1) is 13.9. The second-order valence-corrected chi connectivity index (χ2v) is 9.33. The number of hydrogen-bond donors (Lipinski definition) is 1. The van der Waals surface area contributed by atoms with E-state index < -0.39 is 10.0 Å². The van der Waals surface area contributed by atoms with Gasteiger partial charge in [-0.1, -0.05) is 31.0 Å². The summed E-state index contributed by atoms with van der Waals surface area (Å²) in [5.74, 6) is -0.453. The summed E-state index contributed by atoms with van der Waals surface area (Å²) in [6.45, 7) is 1.80. The van der Waals surface area contributed by atoms with Crippen LogP contribution in [0.1, 0.15) is 36.8 Å². The second kappa shape index (κ2) is 7.59. The maximum absolute atomic E-state index is 12.8.